The molecule has 84 valence electrons. The van der Waals surface area contributed by atoms with Gasteiger partial charge in [-0.15, -0.1) is 11.6 Å². The molecule has 0 aromatic carbocycles. The molecule has 0 rings (SSSR count). The van der Waals surface area contributed by atoms with Crippen molar-refractivity contribution in [2.24, 2.45) is 11.1 Å². The summed E-state index contributed by atoms with van der Waals surface area (Å²) in [5.74, 6) is -0.412. The monoisotopic (exact) mass is 279 g/mol. The van der Waals surface area contributed by atoms with Gasteiger partial charge >= 0.3 is 0 Å². The second-order valence-electron chi connectivity index (χ2n) is 3.92. The Hall–Kier alpha value is 0.630. The van der Waals surface area contributed by atoms with E-state index in [1.165, 1.54) is 0 Å². The maximum absolute atomic E-state index is 10.7. The minimum atomic E-state index is -1.40. The topological polar surface area (TPSA) is 43.1 Å². The minimum absolute atomic E-state index is 0.169. The number of alkyl halides is 4. The number of hydrogen-bond acceptors (Lipinski definition) is 1. The quantitative estimate of drug-likeness (QED) is 0.790. The molecule has 0 bridgehead atoms. The summed E-state index contributed by atoms with van der Waals surface area (Å²) in [5.41, 5.74) is 4.61. The average Bonchev–Trinajstić information content (AvgIpc) is 1.79. The Morgan fingerprint density at radius 1 is 1.36 bits per heavy atom. The fraction of sp³-hybridized carbons (Fsp3) is 0.875. The van der Waals surface area contributed by atoms with Crippen LogP contribution in [0.1, 0.15) is 26.7 Å². The van der Waals surface area contributed by atoms with Gasteiger partial charge in [-0.2, -0.15) is 0 Å². The van der Waals surface area contributed by atoms with E-state index in [4.69, 9.17) is 52.1 Å². The van der Waals surface area contributed by atoms with Gasteiger partial charge in [-0.05, 0) is 5.41 Å². The molecule has 0 fully saturated rings. The number of halogens is 4. The first-order valence-corrected chi connectivity index (χ1v) is 5.61. The van der Waals surface area contributed by atoms with Crippen molar-refractivity contribution in [2.45, 2.75) is 35.9 Å². The molecule has 14 heavy (non-hydrogen) atoms. The smallest absolute Gasteiger partial charge is 0.218 e. The van der Waals surface area contributed by atoms with Crippen molar-refractivity contribution >= 4 is 52.3 Å². The van der Waals surface area contributed by atoms with Crippen molar-refractivity contribution in [3.63, 3.8) is 0 Å². The van der Waals surface area contributed by atoms with Gasteiger partial charge in [0.15, 0.2) is 3.79 Å². The van der Waals surface area contributed by atoms with Gasteiger partial charge in [-0.25, -0.2) is 0 Å². The van der Waals surface area contributed by atoms with Crippen LogP contribution in [0.4, 0.5) is 0 Å². The molecule has 1 unspecified atom stereocenters. The minimum Gasteiger partial charge on any atom is -0.370 e. The first kappa shape index (κ1) is 14.6. The summed E-state index contributed by atoms with van der Waals surface area (Å²) < 4.78 is -1.40. The fourth-order valence-electron chi connectivity index (χ4n) is 1.04. The van der Waals surface area contributed by atoms with Crippen LogP contribution >= 0.6 is 46.4 Å². The summed E-state index contributed by atoms with van der Waals surface area (Å²) in [6.45, 7) is 3.62. The Labute approximate surface area is 104 Å². The molecular weight excluding hydrogens is 268 g/mol. The first-order chi connectivity index (χ1) is 6.04. The van der Waals surface area contributed by atoms with Gasteiger partial charge in [0, 0.05) is 18.2 Å². The summed E-state index contributed by atoms with van der Waals surface area (Å²) in [5, 5.41) is -0.414. The Balaban J connectivity index is 4.35. The molecule has 1 amide bonds. The molecular formula is C8H13Cl4NO. The van der Waals surface area contributed by atoms with Gasteiger partial charge in [-0.1, -0.05) is 48.7 Å². The second kappa shape index (κ2) is 5.11. The van der Waals surface area contributed by atoms with Gasteiger partial charge in [0.1, 0.15) is 0 Å². The number of carbonyl (C=O) groups is 1. The van der Waals surface area contributed by atoms with Crippen LogP contribution in [0.15, 0.2) is 0 Å². The molecule has 6 heteroatoms. The molecule has 0 saturated heterocycles. The maximum atomic E-state index is 10.7. The van der Waals surface area contributed by atoms with E-state index in [1.54, 1.807) is 0 Å². The Kier molecular flexibility index (Phi) is 5.34. The van der Waals surface area contributed by atoms with Crippen LogP contribution in [-0.4, -0.2) is 15.1 Å². The molecule has 0 aliphatic carbocycles. The molecule has 0 aromatic rings. The number of hydrogen-bond donors (Lipinski definition) is 1. The summed E-state index contributed by atoms with van der Waals surface area (Å²) in [4.78, 5) is 10.7. The molecule has 0 heterocycles. The number of nitrogens with two attached hydrogens (primary N) is 1. The van der Waals surface area contributed by atoms with E-state index < -0.39 is 20.5 Å². The van der Waals surface area contributed by atoms with E-state index >= 15 is 0 Å². The van der Waals surface area contributed by atoms with Crippen LogP contribution in [0.2, 0.25) is 0 Å². The van der Waals surface area contributed by atoms with Crippen molar-refractivity contribution in [3.05, 3.63) is 0 Å². The third-order valence-electron chi connectivity index (χ3n) is 1.89. The zero-order valence-corrected chi connectivity index (χ0v) is 11.0. The lowest BCUT2D eigenvalue weighted by Crippen LogP contribution is -2.33. The summed E-state index contributed by atoms with van der Waals surface area (Å²) in [6.07, 6.45) is 0.349. The van der Waals surface area contributed by atoms with E-state index in [9.17, 15) is 4.79 Å². The van der Waals surface area contributed by atoms with Crippen LogP contribution in [0.3, 0.4) is 0 Å². The molecule has 0 spiro atoms. The molecule has 2 nitrogen and oxygen atoms in total. The highest BCUT2D eigenvalue weighted by molar-refractivity contribution is 6.67. The fourth-order valence-corrected chi connectivity index (χ4v) is 2.05. The van der Waals surface area contributed by atoms with E-state index in [2.05, 4.69) is 0 Å². The maximum Gasteiger partial charge on any atom is 0.218 e. The van der Waals surface area contributed by atoms with Crippen LogP contribution in [0.25, 0.3) is 0 Å². The number of primary amides is 1. The van der Waals surface area contributed by atoms with Crippen LogP contribution < -0.4 is 5.73 Å². The largest absolute Gasteiger partial charge is 0.370 e. The van der Waals surface area contributed by atoms with Crippen LogP contribution in [0, 0.1) is 5.41 Å². The van der Waals surface area contributed by atoms with Crippen molar-refractivity contribution in [1.29, 1.82) is 0 Å². The van der Waals surface area contributed by atoms with Gasteiger partial charge in [0.25, 0.3) is 0 Å². The zero-order valence-electron chi connectivity index (χ0n) is 7.99. The van der Waals surface area contributed by atoms with E-state index in [-0.39, 0.29) is 12.8 Å². The van der Waals surface area contributed by atoms with Crippen molar-refractivity contribution in [2.75, 3.05) is 0 Å². The highest BCUT2D eigenvalue weighted by atomic mass is 35.6. The van der Waals surface area contributed by atoms with Crippen molar-refractivity contribution < 1.29 is 4.79 Å². The van der Waals surface area contributed by atoms with Crippen LogP contribution in [-0.2, 0) is 4.79 Å². The molecule has 0 aromatic heterocycles. The van der Waals surface area contributed by atoms with Gasteiger partial charge < -0.3 is 5.73 Å². The summed E-state index contributed by atoms with van der Waals surface area (Å²) in [6, 6.07) is 0. The Morgan fingerprint density at radius 3 is 2.07 bits per heavy atom. The third-order valence-corrected chi connectivity index (χ3v) is 3.10. The number of amides is 1. The summed E-state index contributed by atoms with van der Waals surface area (Å²) >= 11 is 22.8. The van der Waals surface area contributed by atoms with Crippen molar-refractivity contribution in [1.82, 2.24) is 0 Å². The van der Waals surface area contributed by atoms with E-state index in [1.807, 2.05) is 13.8 Å². The standard InChI is InChI=1S/C8H13Cl4NO/c1-7(2,4-6(13)14)5(9)3-8(10,11)12/h5H,3-4H2,1-2H3,(H2,13,14). The predicted octanol–water partition coefficient (Wildman–Crippen LogP) is 3.26. The Morgan fingerprint density at radius 2 is 1.79 bits per heavy atom. The van der Waals surface area contributed by atoms with Crippen LogP contribution in [0.5, 0.6) is 0 Å². The normalized spacial score (nSPS) is 15.3. The molecule has 2 N–H and O–H groups in total. The first-order valence-electron chi connectivity index (χ1n) is 4.04. The van der Waals surface area contributed by atoms with E-state index in [0.717, 1.165) is 0 Å². The molecule has 1 atom stereocenters. The lowest BCUT2D eigenvalue weighted by molar-refractivity contribution is -0.119. The molecule has 0 aliphatic heterocycles. The lowest BCUT2D eigenvalue weighted by Gasteiger charge is -2.30. The second-order valence-corrected chi connectivity index (χ2v) is 6.96. The molecule has 0 saturated carbocycles. The highest BCUT2D eigenvalue weighted by Crippen LogP contribution is 2.40. The van der Waals surface area contributed by atoms with E-state index in [0.29, 0.717) is 0 Å². The number of rotatable bonds is 4. The van der Waals surface area contributed by atoms with Gasteiger partial charge in [0.2, 0.25) is 5.91 Å². The zero-order chi connectivity index (χ0) is 11.6. The Bertz CT molecular complexity index is 212. The van der Waals surface area contributed by atoms with Gasteiger partial charge in [0.05, 0.1) is 0 Å². The highest BCUT2D eigenvalue weighted by Gasteiger charge is 2.35. The average molecular weight is 281 g/mol. The third kappa shape index (κ3) is 6.18. The predicted molar refractivity (Wildman–Crippen MR) is 62.1 cm³/mol. The number of carbonyl (C=O) groups excluding carboxylic acids is 1. The van der Waals surface area contributed by atoms with Crippen molar-refractivity contribution in [3.8, 4) is 0 Å². The summed E-state index contributed by atoms with van der Waals surface area (Å²) in [7, 11) is 0. The SMILES string of the molecule is CC(C)(CC(N)=O)C(Cl)CC(Cl)(Cl)Cl. The van der Waals surface area contributed by atoms with Gasteiger partial charge in [-0.3, -0.25) is 4.79 Å². The lowest BCUT2D eigenvalue weighted by atomic mass is 9.84. The molecule has 0 radical (unpaired) electrons. The molecule has 0 aliphatic rings.